The molecule has 4 aliphatic heterocycles. The third-order valence-corrected chi connectivity index (χ3v) is 17.9. The number of anilines is 2. The lowest BCUT2D eigenvalue weighted by Crippen LogP contribution is -2.54. The SMILES string of the molecule is C=C1c2ccc(Oc3ccc4c(c3)C(=O)N(c3ccc(C(c5ccc(C)c(OCCCS(=O)(=O)O)c5)(C(F)(F)F)C(F)(F)F)cc3OCCCSOOO)C4=O)cc2C(=O)N1C.Cc1ccc(Oc2ccc(N3C(=O)c4ccc(Oc5ccc6c(c5)C(=O)N(C)C6=O)cc4C3=O)cc2)cc1. The molecule has 0 spiro atoms. The van der Waals surface area contributed by atoms with E-state index in [1.54, 1.807) is 55.6 Å². The first-order valence-corrected chi connectivity index (χ1v) is 32.5. The number of alkyl halides is 6. The van der Waals surface area contributed by atoms with Crippen molar-refractivity contribution in [2.75, 3.05) is 48.6 Å². The first-order valence-electron chi connectivity index (χ1n) is 29.9. The average molecular weight is 1420 g/mol. The molecule has 0 unspecified atom stereocenters. The first-order chi connectivity index (χ1) is 47.4. The van der Waals surface area contributed by atoms with Gasteiger partial charge in [0, 0.05) is 43.2 Å². The van der Waals surface area contributed by atoms with Gasteiger partial charge in [0.2, 0.25) is 5.41 Å². The summed E-state index contributed by atoms with van der Waals surface area (Å²) in [6.45, 7) is 6.30. The third kappa shape index (κ3) is 13.7. The number of aryl methyl sites for hydroxylation is 2. The van der Waals surface area contributed by atoms with Crippen molar-refractivity contribution in [2.24, 2.45) is 0 Å². The monoisotopic (exact) mass is 1420 g/mol. The molecule has 0 saturated carbocycles. The normalized spacial score (nSPS) is 14.3. The number of carbonyl (C=O) groups is 7. The van der Waals surface area contributed by atoms with Gasteiger partial charge in [0.05, 0.1) is 69.3 Å². The summed E-state index contributed by atoms with van der Waals surface area (Å²) >= 11 is 0.583. The van der Waals surface area contributed by atoms with Gasteiger partial charge in [-0.3, -0.25) is 43.0 Å². The van der Waals surface area contributed by atoms with Crippen molar-refractivity contribution >= 4 is 80.6 Å². The van der Waals surface area contributed by atoms with E-state index in [1.807, 2.05) is 31.2 Å². The van der Waals surface area contributed by atoms with Crippen LogP contribution in [0.4, 0.5) is 37.7 Å². The molecule has 4 aliphatic rings. The van der Waals surface area contributed by atoms with E-state index in [2.05, 4.69) is 16.0 Å². The first kappa shape index (κ1) is 70.4. The van der Waals surface area contributed by atoms with Crippen LogP contribution in [0.25, 0.3) is 5.70 Å². The summed E-state index contributed by atoms with van der Waals surface area (Å²) in [4.78, 5) is 95.2. The lowest BCUT2D eigenvalue weighted by Gasteiger charge is -2.39. The van der Waals surface area contributed by atoms with Gasteiger partial charge in [-0.25, -0.2) is 15.1 Å². The number of imide groups is 3. The molecule has 4 heterocycles. The second-order valence-corrected chi connectivity index (χ2v) is 25.2. The van der Waals surface area contributed by atoms with Crippen molar-refractivity contribution in [1.82, 2.24) is 9.80 Å². The van der Waals surface area contributed by atoms with Crippen molar-refractivity contribution in [3.63, 3.8) is 0 Å². The summed E-state index contributed by atoms with van der Waals surface area (Å²) in [5.74, 6) is -3.80. The van der Waals surface area contributed by atoms with Crippen molar-refractivity contribution in [2.45, 2.75) is 44.5 Å². The minimum Gasteiger partial charge on any atom is -0.493 e. The van der Waals surface area contributed by atoms with Crippen LogP contribution >= 0.6 is 12.0 Å². The summed E-state index contributed by atoms with van der Waals surface area (Å²) in [6, 6.07) is 35.7. The minimum absolute atomic E-state index is 0.000864. The Morgan fingerprint density at radius 3 is 1.42 bits per heavy atom. The molecule has 12 rings (SSSR count). The molecule has 22 nitrogen and oxygen atoms in total. The molecule has 7 amide bonds. The quantitative estimate of drug-likeness (QED) is 0.0121. The van der Waals surface area contributed by atoms with Gasteiger partial charge < -0.3 is 28.6 Å². The van der Waals surface area contributed by atoms with Crippen LogP contribution in [-0.2, 0) is 24.9 Å². The smallest absolute Gasteiger partial charge is 0.411 e. The van der Waals surface area contributed by atoms with Crippen molar-refractivity contribution in [3.05, 3.63) is 231 Å². The van der Waals surface area contributed by atoms with E-state index in [-0.39, 0.29) is 75.3 Å². The fraction of sp³-hybridized carbons (Fsp3) is 0.186. The van der Waals surface area contributed by atoms with E-state index < -0.39 is 105 Å². The summed E-state index contributed by atoms with van der Waals surface area (Å²) in [5.41, 5.74) is -4.41. The number of benzene rings is 8. The van der Waals surface area contributed by atoms with Gasteiger partial charge in [-0.05, 0) is 171 Å². The molecule has 0 radical (unpaired) electrons. The van der Waals surface area contributed by atoms with Crippen LogP contribution in [0.5, 0.6) is 46.0 Å². The van der Waals surface area contributed by atoms with Crippen molar-refractivity contribution in [3.8, 4) is 46.0 Å². The Labute approximate surface area is 569 Å². The summed E-state index contributed by atoms with van der Waals surface area (Å²) in [5, 5.41) is 11.9. The molecule has 8 aromatic rings. The number of hydrogen-bond acceptors (Lipinski definition) is 18. The van der Waals surface area contributed by atoms with E-state index in [9.17, 15) is 42.0 Å². The number of halogens is 6. The largest absolute Gasteiger partial charge is 0.493 e. The Hall–Kier alpha value is -10.9. The number of ether oxygens (including phenoxy) is 5. The third-order valence-electron chi connectivity index (χ3n) is 16.5. The topological polar surface area (TPSA) is 272 Å². The van der Waals surface area contributed by atoms with E-state index >= 15 is 26.3 Å². The Morgan fingerprint density at radius 1 is 0.470 bits per heavy atom. The van der Waals surface area contributed by atoms with Crippen LogP contribution in [0.3, 0.4) is 0 Å². The fourth-order valence-corrected chi connectivity index (χ4v) is 12.2. The van der Waals surface area contributed by atoms with Gasteiger partial charge in [-0.1, -0.05) is 47.5 Å². The number of carbonyl (C=O) groups excluding carboxylic acids is 7. The summed E-state index contributed by atoms with van der Waals surface area (Å²) in [6.07, 6.45) is -12.6. The second kappa shape index (κ2) is 27.8. The van der Waals surface area contributed by atoms with Crippen LogP contribution in [0.15, 0.2) is 164 Å². The maximum absolute atomic E-state index is 15.4. The Kier molecular flexibility index (Phi) is 19.6. The van der Waals surface area contributed by atoms with Gasteiger partial charge in [0.25, 0.3) is 51.5 Å². The van der Waals surface area contributed by atoms with Gasteiger partial charge in [0.15, 0.2) is 0 Å². The number of amides is 7. The highest BCUT2D eigenvalue weighted by Gasteiger charge is 2.73. The summed E-state index contributed by atoms with van der Waals surface area (Å²) in [7, 11) is -1.47. The predicted molar refractivity (Wildman–Crippen MR) is 348 cm³/mol. The van der Waals surface area contributed by atoms with Gasteiger partial charge >= 0.3 is 12.4 Å². The fourth-order valence-electron chi connectivity index (χ4n) is 11.4. The maximum Gasteiger partial charge on any atom is 0.411 e. The minimum atomic E-state index is -6.11. The molecular weight excluding hydrogens is 1360 g/mol. The summed E-state index contributed by atoms with van der Waals surface area (Å²) < 4.78 is 157. The number of rotatable bonds is 22. The molecular formula is C70H54F6N4O18S2. The zero-order valence-corrected chi connectivity index (χ0v) is 54.4. The van der Waals surface area contributed by atoms with E-state index in [0.717, 1.165) is 27.5 Å². The van der Waals surface area contributed by atoms with Crippen LogP contribution in [-0.4, -0.2) is 121 Å². The van der Waals surface area contributed by atoms with Gasteiger partial charge in [-0.2, -0.15) is 34.8 Å². The zero-order valence-electron chi connectivity index (χ0n) is 52.8. The molecule has 0 atom stereocenters. The van der Waals surface area contributed by atoms with Crippen molar-refractivity contribution < 1.29 is 111 Å². The van der Waals surface area contributed by atoms with E-state index in [1.165, 1.54) is 67.4 Å². The Morgan fingerprint density at radius 2 is 0.880 bits per heavy atom. The highest BCUT2D eigenvalue weighted by atomic mass is 32.2. The highest BCUT2D eigenvalue weighted by Crippen LogP contribution is 2.58. The number of hydrogen-bond donors (Lipinski definition) is 2. The number of nitrogens with zero attached hydrogens (tertiary/aromatic N) is 4. The predicted octanol–water partition coefficient (Wildman–Crippen LogP) is 14.2. The molecule has 8 aromatic carbocycles. The second-order valence-electron chi connectivity index (χ2n) is 22.9. The lowest BCUT2D eigenvalue weighted by molar-refractivity contribution is -0.432. The molecule has 0 fully saturated rings. The zero-order chi connectivity index (χ0) is 71.9. The molecule has 0 bridgehead atoms. The van der Waals surface area contributed by atoms with Crippen LogP contribution < -0.4 is 33.5 Å². The Bertz CT molecular complexity index is 4790. The molecule has 100 heavy (non-hydrogen) atoms. The van der Waals surface area contributed by atoms with Gasteiger partial charge in [-0.15, -0.1) is 4.33 Å². The van der Waals surface area contributed by atoms with Crippen LogP contribution in [0.2, 0.25) is 0 Å². The van der Waals surface area contributed by atoms with E-state index in [0.29, 0.717) is 92.3 Å². The standard InChI is InChI=1S/C40H34F6N2O12S2.C30H20N2O6/c1-22-6-7-24(18-33(22)56-15-5-17-62(53,54)55)38(39(41,42)43,40(44,45)46)25-8-13-32(34(19-25)57-14-4-16-61-60-59-52)48-36(50)29-12-10-27(21-31(29)37(48)51)58-26-9-11-28-23(2)47(3)35(49)30(28)20-26;1-17-3-7-19(8-4-17)37-20-9-5-18(6-10-20)32-29(35)24-14-12-22(16-26(24)30(32)36)38-21-11-13-23-25(15-21)28(34)31(2)27(23)33/h6-13,18-21,52H,2,4-5,14-17H2,1,3H3,(H,53,54,55);3-16H,1-2H3. The molecule has 2 N–H and O–H groups in total. The molecule has 30 heteroatoms. The molecule has 0 aromatic heterocycles. The molecule has 0 aliphatic carbocycles. The van der Waals surface area contributed by atoms with Crippen LogP contribution in [0, 0.1) is 13.8 Å². The molecule has 0 saturated heterocycles. The van der Waals surface area contributed by atoms with Gasteiger partial charge in [0.1, 0.15) is 46.0 Å². The van der Waals surface area contributed by atoms with E-state index in [4.69, 9.17) is 33.5 Å². The van der Waals surface area contributed by atoms with Crippen LogP contribution in [0.1, 0.15) is 113 Å². The number of fused-ring (bicyclic) bond motifs is 4. The lowest BCUT2D eigenvalue weighted by atomic mass is 9.72. The Balaban J connectivity index is 0.000000225. The van der Waals surface area contributed by atoms with Crippen molar-refractivity contribution in [1.29, 1.82) is 0 Å². The molecule has 516 valence electrons. The average Bonchev–Trinajstić information content (AvgIpc) is 1.14. The highest BCUT2D eigenvalue weighted by molar-refractivity contribution is 7.94. The maximum atomic E-state index is 15.4.